The predicted octanol–water partition coefficient (Wildman–Crippen LogP) is 13.4. The van der Waals surface area contributed by atoms with Gasteiger partial charge in [0.05, 0.1) is 6.85 Å². The molecule has 10 rings (SSSR count). The summed E-state index contributed by atoms with van der Waals surface area (Å²) in [5.74, 6) is 1.41. The molecule has 0 N–H and O–H groups in total. The van der Waals surface area contributed by atoms with Crippen LogP contribution in [0.5, 0.6) is 0 Å². The fourth-order valence-electron chi connectivity index (χ4n) is 7.02. The van der Waals surface area contributed by atoms with Gasteiger partial charge in [0.25, 0.3) is 0 Å². The molecule has 0 amide bonds. The lowest BCUT2D eigenvalue weighted by molar-refractivity contribution is 0.670. The summed E-state index contributed by atoms with van der Waals surface area (Å²) in [6.45, 7) is 0. The Hall–Kier alpha value is -7.43. The van der Waals surface area contributed by atoms with Gasteiger partial charge in [-0.05, 0) is 57.1 Å². The molecule has 55 heavy (non-hydrogen) atoms. The maximum absolute atomic E-state index is 8.44. The van der Waals surface area contributed by atoms with Gasteiger partial charge in [-0.2, -0.15) is 0 Å². The molecule has 258 valence electrons. The van der Waals surface area contributed by atoms with E-state index < -0.39 is 6.04 Å². The number of aromatic nitrogens is 3. The van der Waals surface area contributed by atoms with E-state index in [1.165, 1.54) is 11.1 Å². The van der Waals surface area contributed by atoms with Crippen molar-refractivity contribution in [2.45, 2.75) is 0 Å². The standard InChI is InChI=1S/C51H33N3O/c1-4-11-34(12-5-1)36-19-21-38(22-20-36)39-23-27-40(28-24-39)44-17-10-18-45-46-33-43(31-32-47(46)55-48(44)45)51-53-49(41-15-8-3-9-16-41)52-50(54-51)42-29-25-37(26-30-42)35-13-6-2-7-14-35/h1-33H/i2D,6D,7D,13D,14D. The minimum Gasteiger partial charge on any atom is -0.455 e. The lowest BCUT2D eigenvalue weighted by atomic mass is 9.97. The van der Waals surface area contributed by atoms with Crippen molar-refractivity contribution in [2.24, 2.45) is 0 Å². The zero-order chi connectivity index (χ0) is 40.9. The molecule has 0 bridgehead atoms. The number of rotatable bonds is 7. The molecule has 0 radical (unpaired) electrons. The summed E-state index contributed by atoms with van der Waals surface area (Å²) in [7, 11) is 0. The van der Waals surface area contributed by atoms with Crippen LogP contribution in [0.4, 0.5) is 0 Å². The number of furan rings is 1. The molecule has 0 fully saturated rings. The van der Waals surface area contributed by atoms with E-state index in [4.69, 9.17) is 26.2 Å². The van der Waals surface area contributed by atoms with Crippen LogP contribution in [0.2, 0.25) is 0 Å². The van der Waals surface area contributed by atoms with E-state index in [1.807, 2.05) is 48.5 Å². The molecular formula is C51H33N3O. The second kappa shape index (κ2) is 13.8. The average Bonchev–Trinajstić information content (AvgIpc) is 3.69. The van der Waals surface area contributed by atoms with Crippen LogP contribution in [-0.2, 0) is 0 Å². The zero-order valence-electron chi connectivity index (χ0n) is 34.4. The summed E-state index contributed by atoms with van der Waals surface area (Å²) < 4.78 is 47.7. The number of hydrogen-bond donors (Lipinski definition) is 0. The highest BCUT2D eigenvalue weighted by Crippen LogP contribution is 2.38. The van der Waals surface area contributed by atoms with Gasteiger partial charge >= 0.3 is 0 Å². The average molecular weight is 709 g/mol. The SMILES string of the molecule is [2H]c1c([2H])c([2H])c(-c2ccc(-c3nc(-c4ccccc4)nc(-c4ccc5oc6c(-c7ccc(-c8ccc(-c9ccccc9)cc8)cc7)cccc6c5c4)n3)cc2)c([2H])c1[2H]. The lowest BCUT2D eigenvalue weighted by Gasteiger charge is -2.09. The number of benzene rings is 8. The van der Waals surface area contributed by atoms with Crippen LogP contribution >= 0.6 is 0 Å². The third kappa shape index (κ3) is 6.26. The van der Waals surface area contributed by atoms with Gasteiger partial charge in [0.1, 0.15) is 11.2 Å². The van der Waals surface area contributed by atoms with Crippen molar-refractivity contribution in [3.63, 3.8) is 0 Å². The molecule has 8 aromatic carbocycles. The highest BCUT2D eigenvalue weighted by Gasteiger charge is 2.17. The van der Waals surface area contributed by atoms with E-state index in [1.54, 1.807) is 24.3 Å². The first kappa shape index (κ1) is 27.2. The summed E-state index contributed by atoms with van der Waals surface area (Å²) in [5, 5.41) is 1.91. The minimum atomic E-state index is -0.425. The molecule has 10 aromatic rings. The highest BCUT2D eigenvalue weighted by atomic mass is 16.3. The van der Waals surface area contributed by atoms with Crippen LogP contribution in [0.3, 0.4) is 0 Å². The van der Waals surface area contributed by atoms with Crippen molar-refractivity contribution >= 4 is 21.9 Å². The molecule has 0 aliphatic heterocycles. The summed E-state index contributed by atoms with van der Waals surface area (Å²) >= 11 is 0. The van der Waals surface area contributed by atoms with Gasteiger partial charge in [0.2, 0.25) is 0 Å². The molecule has 4 nitrogen and oxygen atoms in total. The molecule has 2 heterocycles. The fourth-order valence-corrected chi connectivity index (χ4v) is 7.02. The van der Waals surface area contributed by atoms with Gasteiger partial charge in [-0.25, -0.2) is 15.0 Å². The summed E-state index contributed by atoms with van der Waals surface area (Å²) in [6, 6.07) is 54.9. The van der Waals surface area contributed by atoms with E-state index in [0.717, 1.165) is 55.3 Å². The first-order valence-corrected chi connectivity index (χ1v) is 18.0. The van der Waals surface area contributed by atoms with E-state index in [0.29, 0.717) is 28.6 Å². The van der Waals surface area contributed by atoms with Gasteiger partial charge in [-0.3, -0.25) is 0 Å². The molecule has 0 saturated heterocycles. The Kier molecular flexibility index (Phi) is 6.85. The van der Waals surface area contributed by atoms with Gasteiger partial charge in [-0.15, -0.1) is 0 Å². The van der Waals surface area contributed by atoms with Crippen molar-refractivity contribution in [2.75, 3.05) is 0 Å². The number of fused-ring (bicyclic) bond motifs is 3. The molecule has 2 aromatic heterocycles. The Morgan fingerprint density at radius 2 is 0.800 bits per heavy atom. The van der Waals surface area contributed by atoms with Gasteiger partial charge < -0.3 is 4.42 Å². The van der Waals surface area contributed by atoms with E-state index in [2.05, 4.69) is 97.1 Å². The van der Waals surface area contributed by atoms with Gasteiger partial charge in [0.15, 0.2) is 17.5 Å². The minimum absolute atomic E-state index is 0.139. The maximum atomic E-state index is 8.44. The Bertz CT molecular complexity index is 3200. The summed E-state index contributed by atoms with van der Waals surface area (Å²) in [5.41, 5.74) is 11.2. The van der Waals surface area contributed by atoms with Crippen molar-refractivity contribution < 1.29 is 11.3 Å². The molecule has 0 unspecified atom stereocenters. The van der Waals surface area contributed by atoms with Crippen LogP contribution < -0.4 is 0 Å². The summed E-state index contributed by atoms with van der Waals surface area (Å²) in [6.07, 6.45) is 0. The van der Waals surface area contributed by atoms with Crippen LogP contribution in [-0.4, -0.2) is 15.0 Å². The molecule has 0 spiro atoms. The first-order valence-electron chi connectivity index (χ1n) is 20.5. The number of para-hydroxylation sites is 1. The van der Waals surface area contributed by atoms with Crippen LogP contribution in [0.25, 0.3) is 101 Å². The fraction of sp³-hybridized carbons (Fsp3) is 0. The number of hydrogen-bond acceptors (Lipinski definition) is 4. The Morgan fingerprint density at radius 1 is 0.345 bits per heavy atom. The third-order valence-corrected chi connectivity index (χ3v) is 9.88. The van der Waals surface area contributed by atoms with Crippen molar-refractivity contribution in [3.8, 4) is 78.7 Å². The molecule has 0 atom stereocenters. The monoisotopic (exact) mass is 708 g/mol. The van der Waals surface area contributed by atoms with Crippen molar-refractivity contribution in [3.05, 3.63) is 200 Å². The van der Waals surface area contributed by atoms with Gasteiger partial charge in [-0.1, -0.05) is 182 Å². The maximum Gasteiger partial charge on any atom is 0.164 e. The second-order valence-electron chi connectivity index (χ2n) is 13.3. The lowest BCUT2D eigenvalue weighted by Crippen LogP contribution is -2.00. The Morgan fingerprint density at radius 3 is 1.40 bits per heavy atom. The highest BCUT2D eigenvalue weighted by molar-refractivity contribution is 6.10. The number of nitrogens with zero attached hydrogens (tertiary/aromatic N) is 3. The predicted molar refractivity (Wildman–Crippen MR) is 225 cm³/mol. The van der Waals surface area contributed by atoms with E-state index >= 15 is 0 Å². The third-order valence-electron chi connectivity index (χ3n) is 9.88. The van der Waals surface area contributed by atoms with Crippen LogP contribution in [0.15, 0.2) is 204 Å². The first-order chi connectivity index (χ1) is 29.3. The van der Waals surface area contributed by atoms with Gasteiger partial charge in [0, 0.05) is 33.0 Å². The van der Waals surface area contributed by atoms with E-state index in [-0.39, 0.29) is 29.7 Å². The molecule has 4 heteroatoms. The van der Waals surface area contributed by atoms with E-state index in [9.17, 15) is 0 Å². The quantitative estimate of drug-likeness (QED) is 0.165. The summed E-state index contributed by atoms with van der Waals surface area (Å²) in [4.78, 5) is 14.8. The van der Waals surface area contributed by atoms with Crippen LogP contribution in [0.1, 0.15) is 6.85 Å². The molecule has 0 aliphatic rings. The molecular weight excluding hydrogens is 671 g/mol. The second-order valence-corrected chi connectivity index (χ2v) is 13.3. The normalized spacial score (nSPS) is 12.5. The smallest absolute Gasteiger partial charge is 0.164 e. The largest absolute Gasteiger partial charge is 0.455 e. The Labute approximate surface area is 326 Å². The van der Waals surface area contributed by atoms with Crippen LogP contribution in [0, 0.1) is 0 Å². The van der Waals surface area contributed by atoms with Crippen molar-refractivity contribution in [1.29, 1.82) is 0 Å². The molecule has 0 saturated carbocycles. The van der Waals surface area contributed by atoms with Crippen molar-refractivity contribution in [1.82, 2.24) is 15.0 Å². The zero-order valence-corrected chi connectivity index (χ0v) is 29.4. The topological polar surface area (TPSA) is 51.8 Å². The molecule has 0 aliphatic carbocycles. The Balaban J connectivity index is 1.00.